The molecule has 1 saturated heterocycles. The number of hydrogen-bond acceptors (Lipinski definition) is 5. The summed E-state index contributed by atoms with van der Waals surface area (Å²) in [6.45, 7) is 2.09. The smallest absolute Gasteiger partial charge is 0.293 e. The second kappa shape index (κ2) is 8.67. The maximum Gasteiger partial charge on any atom is 0.293 e. The average molecular weight is 422 g/mol. The molecule has 1 aliphatic heterocycles. The Kier molecular flexibility index (Phi) is 6.26. The fourth-order valence-electron chi connectivity index (χ4n) is 2.68. The van der Waals surface area contributed by atoms with Crippen molar-refractivity contribution in [3.63, 3.8) is 0 Å². The number of imide groups is 1. The quantitative estimate of drug-likeness (QED) is 0.606. The van der Waals surface area contributed by atoms with E-state index < -0.39 is 17.0 Å². The van der Waals surface area contributed by atoms with Crippen LogP contribution >= 0.6 is 23.4 Å². The molecule has 3 rings (SSSR count). The molecule has 0 radical (unpaired) electrons. The second-order valence-electron chi connectivity index (χ2n) is 5.81. The van der Waals surface area contributed by atoms with Crippen LogP contribution in [0.4, 0.5) is 9.18 Å². The van der Waals surface area contributed by atoms with Gasteiger partial charge in [-0.05, 0) is 54.6 Å². The Morgan fingerprint density at radius 1 is 1.21 bits per heavy atom. The number of thioether (sulfide) groups is 1. The molecular formula is C20H17ClFNO4S. The Balaban J connectivity index is 1.86. The van der Waals surface area contributed by atoms with E-state index in [0.717, 1.165) is 16.7 Å². The van der Waals surface area contributed by atoms with E-state index >= 15 is 0 Å². The molecular weight excluding hydrogens is 405 g/mol. The minimum atomic E-state index is -0.563. The van der Waals surface area contributed by atoms with Gasteiger partial charge in [-0.15, -0.1) is 0 Å². The molecule has 1 heterocycles. The Labute approximate surface area is 171 Å². The lowest BCUT2D eigenvalue weighted by Crippen LogP contribution is -2.28. The molecule has 2 aromatic rings. The normalized spacial score (nSPS) is 15.4. The molecule has 0 spiro atoms. The van der Waals surface area contributed by atoms with Crippen LogP contribution in [0.1, 0.15) is 18.1 Å². The summed E-state index contributed by atoms with van der Waals surface area (Å²) in [4.78, 5) is 26.2. The minimum absolute atomic E-state index is 0.107. The third-order valence-electron chi connectivity index (χ3n) is 4.04. The van der Waals surface area contributed by atoms with E-state index in [4.69, 9.17) is 21.1 Å². The van der Waals surface area contributed by atoms with Gasteiger partial charge in [0.25, 0.3) is 11.1 Å². The molecule has 0 atom stereocenters. The summed E-state index contributed by atoms with van der Waals surface area (Å²) in [6.07, 6.45) is 1.59. The monoisotopic (exact) mass is 421 g/mol. The number of benzene rings is 2. The summed E-state index contributed by atoms with van der Waals surface area (Å²) >= 11 is 6.81. The van der Waals surface area contributed by atoms with E-state index in [2.05, 4.69) is 0 Å². The summed E-state index contributed by atoms with van der Waals surface area (Å²) in [5, 5.41) is -0.311. The molecule has 5 nitrogen and oxygen atoms in total. The van der Waals surface area contributed by atoms with Gasteiger partial charge in [0, 0.05) is 10.6 Å². The van der Waals surface area contributed by atoms with Gasteiger partial charge >= 0.3 is 0 Å². The van der Waals surface area contributed by atoms with Gasteiger partial charge in [-0.1, -0.05) is 23.7 Å². The average Bonchev–Trinajstić information content (AvgIpc) is 2.92. The van der Waals surface area contributed by atoms with Crippen LogP contribution in [-0.4, -0.2) is 29.8 Å². The summed E-state index contributed by atoms with van der Waals surface area (Å²) in [7, 11) is 1.54. The molecule has 0 aliphatic carbocycles. The van der Waals surface area contributed by atoms with Gasteiger partial charge in [-0.2, -0.15) is 0 Å². The molecule has 0 unspecified atom stereocenters. The standard InChI is InChI=1S/C20H17ClFNO4S/c1-3-27-17-9-12(7-8-16(17)26-2)10-18-19(24)23(20(25)28-18)11-13-14(21)5-4-6-15(13)22/h4-10H,3,11H2,1-2H3/b18-10-. The number of methoxy groups -OCH3 is 1. The Morgan fingerprint density at radius 3 is 2.68 bits per heavy atom. The number of rotatable bonds is 6. The van der Waals surface area contributed by atoms with Gasteiger partial charge < -0.3 is 9.47 Å². The van der Waals surface area contributed by atoms with E-state index in [1.165, 1.54) is 25.3 Å². The molecule has 0 aromatic heterocycles. The number of carbonyl (C=O) groups excluding carboxylic acids is 2. The predicted molar refractivity (Wildman–Crippen MR) is 107 cm³/mol. The number of carbonyl (C=O) groups is 2. The number of amides is 2. The minimum Gasteiger partial charge on any atom is -0.493 e. The molecule has 0 bridgehead atoms. The van der Waals surface area contributed by atoms with Crippen LogP contribution in [0.15, 0.2) is 41.3 Å². The van der Waals surface area contributed by atoms with Crippen LogP contribution in [0.2, 0.25) is 5.02 Å². The molecule has 1 fully saturated rings. The van der Waals surface area contributed by atoms with Gasteiger partial charge in [-0.3, -0.25) is 14.5 Å². The van der Waals surface area contributed by atoms with E-state index in [9.17, 15) is 14.0 Å². The first-order valence-corrected chi connectivity index (χ1v) is 9.63. The Hall–Kier alpha value is -2.51. The first-order chi connectivity index (χ1) is 13.4. The molecule has 146 valence electrons. The molecule has 28 heavy (non-hydrogen) atoms. The topological polar surface area (TPSA) is 55.8 Å². The van der Waals surface area contributed by atoms with Crippen LogP contribution in [-0.2, 0) is 11.3 Å². The summed E-state index contributed by atoms with van der Waals surface area (Å²) < 4.78 is 24.8. The van der Waals surface area contributed by atoms with Crippen molar-refractivity contribution in [3.05, 3.63) is 63.3 Å². The lowest BCUT2D eigenvalue weighted by atomic mass is 10.1. The van der Waals surface area contributed by atoms with E-state index in [0.29, 0.717) is 23.7 Å². The zero-order valence-electron chi connectivity index (χ0n) is 15.2. The highest BCUT2D eigenvalue weighted by Gasteiger charge is 2.35. The zero-order chi connectivity index (χ0) is 20.3. The fraction of sp³-hybridized carbons (Fsp3) is 0.200. The SMILES string of the molecule is CCOc1cc(/C=C2\SC(=O)N(Cc3c(F)cccc3Cl)C2=O)ccc1OC. The van der Waals surface area contributed by atoms with Crippen molar-refractivity contribution in [1.29, 1.82) is 0 Å². The zero-order valence-corrected chi connectivity index (χ0v) is 16.8. The summed E-state index contributed by atoms with van der Waals surface area (Å²) in [5.41, 5.74) is 0.787. The number of ether oxygens (including phenoxy) is 2. The van der Waals surface area contributed by atoms with Crippen molar-refractivity contribution in [2.75, 3.05) is 13.7 Å². The molecule has 8 heteroatoms. The van der Waals surface area contributed by atoms with E-state index in [1.807, 2.05) is 6.92 Å². The van der Waals surface area contributed by atoms with Gasteiger partial charge in [0.05, 0.1) is 25.2 Å². The maximum absolute atomic E-state index is 14.0. The van der Waals surface area contributed by atoms with E-state index in [-0.39, 0.29) is 22.0 Å². The van der Waals surface area contributed by atoms with Crippen molar-refractivity contribution < 1.29 is 23.5 Å². The third-order valence-corrected chi connectivity index (χ3v) is 5.30. The van der Waals surface area contributed by atoms with E-state index in [1.54, 1.807) is 24.3 Å². The second-order valence-corrected chi connectivity index (χ2v) is 7.21. The highest BCUT2D eigenvalue weighted by Crippen LogP contribution is 2.36. The van der Waals surface area contributed by atoms with Gasteiger partial charge in [0.2, 0.25) is 0 Å². The number of hydrogen-bond donors (Lipinski definition) is 0. The fourth-order valence-corrected chi connectivity index (χ4v) is 3.74. The van der Waals surface area contributed by atoms with Crippen LogP contribution in [0.5, 0.6) is 11.5 Å². The van der Waals surface area contributed by atoms with Crippen LogP contribution < -0.4 is 9.47 Å². The van der Waals surface area contributed by atoms with Gasteiger partial charge in [-0.25, -0.2) is 4.39 Å². The third kappa shape index (κ3) is 4.15. The van der Waals surface area contributed by atoms with Crippen molar-refractivity contribution in [2.45, 2.75) is 13.5 Å². The largest absolute Gasteiger partial charge is 0.493 e. The van der Waals surface area contributed by atoms with Crippen molar-refractivity contribution in [1.82, 2.24) is 4.90 Å². The molecule has 1 aliphatic rings. The van der Waals surface area contributed by atoms with Crippen molar-refractivity contribution in [3.8, 4) is 11.5 Å². The highest BCUT2D eigenvalue weighted by atomic mass is 35.5. The Bertz CT molecular complexity index is 943. The Morgan fingerprint density at radius 2 is 2.00 bits per heavy atom. The lowest BCUT2D eigenvalue weighted by molar-refractivity contribution is -0.123. The summed E-state index contributed by atoms with van der Waals surface area (Å²) in [5.74, 6) is 0.0487. The molecule has 2 amide bonds. The van der Waals surface area contributed by atoms with Crippen LogP contribution in [0.25, 0.3) is 6.08 Å². The molecule has 0 N–H and O–H groups in total. The summed E-state index contributed by atoms with van der Waals surface area (Å²) in [6, 6.07) is 9.42. The first-order valence-electron chi connectivity index (χ1n) is 8.43. The van der Waals surface area contributed by atoms with Crippen LogP contribution in [0.3, 0.4) is 0 Å². The van der Waals surface area contributed by atoms with Gasteiger partial charge in [0.15, 0.2) is 11.5 Å². The van der Waals surface area contributed by atoms with Crippen molar-refractivity contribution in [2.24, 2.45) is 0 Å². The van der Waals surface area contributed by atoms with Crippen LogP contribution in [0, 0.1) is 5.82 Å². The number of halogens is 2. The molecule has 2 aromatic carbocycles. The first kappa shape index (κ1) is 20.2. The predicted octanol–water partition coefficient (Wildman–Crippen LogP) is 5.12. The maximum atomic E-state index is 14.0. The van der Waals surface area contributed by atoms with Crippen molar-refractivity contribution >= 4 is 40.6 Å². The highest BCUT2D eigenvalue weighted by molar-refractivity contribution is 8.18. The van der Waals surface area contributed by atoms with Gasteiger partial charge in [0.1, 0.15) is 5.82 Å². The number of nitrogens with zero attached hydrogens (tertiary/aromatic N) is 1. The lowest BCUT2D eigenvalue weighted by Gasteiger charge is -2.14. The molecule has 0 saturated carbocycles.